The number of para-hydroxylation sites is 1. The van der Waals surface area contributed by atoms with Crippen molar-refractivity contribution in [2.24, 2.45) is 5.92 Å². The molecule has 0 unspecified atom stereocenters. The largest absolute Gasteiger partial charge is 0.382 e. The third-order valence-electron chi connectivity index (χ3n) is 5.75. The van der Waals surface area contributed by atoms with E-state index < -0.39 is 0 Å². The number of carbonyl (C=O) groups is 1. The van der Waals surface area contributed by atoms with Gasteiger partial charge in [-0.2, -0.15) is 0 Å². The number of hydrogen-bond donors (Lipinski definition) is 2. The van der Waals surface area contributed by atoms with Crippen LogP contribution in [0.5, 0.6) is 0 Å². The molecule has 0 atom stereocenters. The molecule has 0 bridgehead atoms. The number of carbonyl (C=O) groups excluding carboxylic acids is 1. The summed E-state index contributed by atoms with van der Waals surface area (Å²) in [6.07, 6.45) is 6.34. The van der Waals surface area contributed by atoms with E-state index in [1.807, 2.05) is 47.6 Å². The van der Waals surface area contributed by atoms with Crippen molar-refractivity contribution in [3.05, 3.63) is 54.4 Å². The van der Waals surface area contributed by atoms with Crippen molar-refractivity contribution in [1.29, 1.82) is 0 Å². The van der Waals surface area contributed by atoms with Crippen molar-refractivity contribution >= 4 is 28.3 Å². The van der Waals surface area contributed by atoms with Crippen molar-refractivity contribution in [2.45, 2.75) is 12.8 Å². The van der Waals surface area contributed by atoms with E-state index in [0.717, 1.165) is 53.5 Å². The fourth-order valence-electron chi connectivity index (χ4n) is 3.90. The zero-order chi connectivity index (χ0) is 18.9. The number of amides is 1. The van der Waals surface area contributed by atoms with E-state index in [9.17, 15) is 4.79 Å². The van der Waals surface area contributed by atoms with Crippen LogP contribution in [-0.4, -0.2) is 53.5 Å². The van der Waals surface area contributed by atoms with Gasteiger partial charge in [-0.05, 0) is 37.0 Å². The minimum atomic E-state index is 0.102. The second-order valence-corrected chi connectivity index (χ2v) is 7.73. The van der Waals surface area contributed by atoms with Crippen LogP contribution >= 0.6 is 0 Å². The molecule has 1 aromatic carbocycles. The average Bonchev–Trinajstić information content (AvgIpc) is 3.49. The molecule has 144 valence electrons. The standard InChI is InChI=1S/C22H25N5O/c28-22(18-15-25-19-5-2-1-4-17(18)19)27-12-10-26(11-13-27)21-20(6-3-9-23-21)24-14-16-7-8-16/h1-6,9,15-16,24-25H,7-8,10-14H2. The van der Waals surface area contributed by atoms with E-state index in [1.165, 1.54) is 12.8 Å². The third kappa shape index (κ3) is 3.30. The smallest absolute Gasteiger partial charge is 0.256 e. The number of anilines is 2. The van der Waals surface area contributed by atoms with Crippen LogP contribution in [0.15, 0.2) is 48.8 Å². The predicted octanol–water partition coefficient (Wildman–Crippen LogP) is 3.35. The van der Waals surface area contributed by atoms with Gasteiger partial charge in [0.15, 0.2) is 5.82 Å². The van der Waals surface area contributed by atoms with Crippen LogP contribution in [0.1, 0.15) is 23.2 Å². The molecule has 2 aromatic heterocycles. The van der Waals surface area contributed by atoms with Gasteiger partial charge in [0.2, 0.25) is 0 Å². The summed E-state index contributed by atoms with van der Waals surface area (Å²) < 4.78 is 0. The number of nitrogens with one attached hydrogen (secondary N) is 2. The average molecular weight is 375 g/mol. The summed E-state index contributed by atoms with van der Waals surface area (Å²) in [5, 5.41) is 4.55. The number of nitrogens with zero attached hydrogens (tertiary/aromatic N) is 3. The fraction of sp³-hybridized carbons (Fsp3) is 0.364. The van der Waals surface area contributed by atoms with Gasteiger partial charge in [0, 0.05) is 56.0 Å². The molecule has 1 aliphatic heterocycles. The molecule has 6 heteroatoms. The molecule has 2 aliphatic rings. The molecule has 3 heterocycles. The van der Waals surface area contributed by atoms with Gasteiger partial charge in [0.25, 0.3) is 5.91 Å². The minimum absolute atomic E-state index is 0.102. The van der Waals surface area contributed by atoms with Crippen LogP contribution in [0.2, 0.25) is 0 Å². The van der Waals surface area contributed by atoms with Crippen LogP contribution in [-0.2, 0) is 0 Å². The number of fused-ring (bicyclic) bond motifs is 1. The second-order valence-electron chi connectivity index (χ2n) is 7.73. The van der Waals surface area contributed by atoms with Crippen molar-refractivity contribution in [2.75, 3.05) is 42.9 Å². The molecule has 2 fully saturated rings. The normalized spacial score (nSPS) is 17.1. The van der Waals surface area contributed by atoms with Gasteiger partial charge in [-0.25, -0.2) is 4.98 Å². The predicted molar refractivity (Wildman–Crippen MR) is 112 cm³/mol. The quantitative estimate of drug-likeness (QED) is 0.718. The number of H-pyrrole nitrogens is 1. The highest BCUT2D eigenvalue weighted by Gasteiger charge is 2.26. The van der Waals surface area contributed by atoms with Gasteiger partial charge < -0.3 is 20.1 Å². The third-order valence-corrected chi connectivity index (χ3v) is 5.75. The molecule has 1 aliphatic carbocycles. The summed E-state index contributed by atoms with van der Waals surface area (Å²) >= 11 is 0. The zero-order valence-corrected chi connectivity index (χ0v) is 15.9. The Morgan fingerprint density at radius 2 is 1.93 bits per heavy atom. The maximum Gasteiger partial charge on any atom is 0.256 e. The Kier molecular flexibility index (Phi) is 4.39. The summed E-state index contributed by atoms with van der Waals surface area (Å²) in [6, 6.07) is 12.0. The Labute approximate surface area is 164 Å². The van der Waals surface area contributed by atoms with E-state index in [4.69, 9.17) is 0 Å². The maximum absolute atomic E-state index is 13.0. The Bertz CT molecular complexity index is 985. The Balaban J connectivity index is 1.27. The van der Waals surface area contributed by atoms with Gasteiger partial charge in [-0.1, -0.05) is 18.2 Å². The lowest BCUT2D eigenvalue weighted by atomic mass is 10.1. The number of aromatic nitrogens is 2. The van der Waals surface area contributed by atoms with Crippen molar-refractivity contribution in [3.8, 4) is 0 Å². The first kappa shape index (κ1) is 17.1. The van der Waals surface area contributed by atoms with E-state index >= 15 is 0 Å². The van der Waals surface area contributed by atoms with Gasteiger partial charge >= 0.3 is 0 Å². The topological polar surface area (TPSA) is 64.3 Å². The highest BCUT2D eigenvalue weighted by molar-refractivity contribution is 6.06. The van der Waals surface area contributed by atoms with E-state index in [-0.39, 0.29) is 5.91 Å². The van der Waals surface area contributed by atoms with Gasteiger partial charge in [0.05, 0.1) is 11.3 Å². The maximum atomic E-state index is 13.0. The first-order valence-electron chi connectivity index (χ1n) is 10.1. The van der Waals surface area contributed by atoms with Gasteiger partial charge in [-0.15, -0.1) is 0 Å². The lowest BCUT2D eigenvalue weighted by Gasteiger charge is -2.36. The number of aromatic amines is 1. The van der Waals surface area contributed by atoms with Gasteiger partial charge in [-0.3, -0.25) is 4.79 Å². The Hall–Kier alpha value is -3.02. The number of benzene rings is 1. The SMILES string of the molecule is O=C(c1c[nH]c2ccccc12)N1CCN(c2ncccc2NCC2CC2)CC1. The molecule has 28 heavy (non-hydrogen) atoms. The van der Waals surface area contributed by atoms with Crippen LogP contribution < -0.4 is 10.2 Å². The van der Waals surface area contributed by atoms with Gasteiger partial charge in [0.1, 0.15) is 0 Å². The Morgan fingerprint density at radius 1 is 1.11 bits per heavy atom. The monoisotopic (exact) mass is 375 g/mol. The molecule has 0 spiro atoms. The highest BCUT2D eigenvalue weighted by Crippen LogP contribution is 2.31. The first-order chi connectivity index (χ1) is 13.8. The van der Waals surface area contributed by atoms with Crippen LogP contribution in [0.3, 0.4) is 0 Å². The zero-order valence-electron chi connectivity index (χ0n) is 15.9. The van der Waals surface area contributed by atoms with Crippen LogP contribution in [0, 0.1) is 5.92 Å². The minimum Gasteiger partial charge on any atom is -0.382 e. The summed E-state index contributed by atoms with van der Waals surface area (Å²) in [6.45, 7) is 4.03. The molecule has 1 saturated carbocycles. The number of pyridine rings is 1. The van der Waals surface area contributed by atoms with Crippen LogP contribution in [0.4, 0.5) is 11.5 Å². The molecule has 6 nitrogen and oxygen atoms in total. The summed E-state index contributed by atoms with van der Waals surface area (Å²) in [7, 11) is 0. The van der Waals surface area contributed by atoms with Crippen molar-refractivity contribution < 1.29 is 4.79 Å². The first-order valence-corrected chi connectivity index (χ1v) is 10.1. The number of piperazine rings is 1. The molecular weight excluding hydrogens is 350 g/mol. The lowest BCUT2D eigenvalue weighted by Crippen LogP contribution is -2.49. The molecule has 2 N–H and O–H groups in total. The highest BCUT2D eigenvalue weighted by atomic mass is 16.2. The summed E-state index contributed by atoms with van der Waals surface area (Å²) in [5.74, 6) is 1.92. The number of hydrogen-bond acceptors (Lipinski definition) is 4. The molecule has 0 radical (unpaired) electrons. The lowest BCUT2D eigenvalue weighted by molar-refractivity contribution is 0.0748. The van der Waals surface area contributed by atoms with E-state index in [2.05, 4.69) is 26.3 Å². The molecule has 1 amide bonds. The molecule has 3 aromatic rings. The van der Waals surface area contributed by atoms with Crippen molar-refractivity contribution in [1.82, 2.24) is 14.9 Å². The Morgan fingerprint density at radius 3 is 2.75 bits per heavy atom. The second kappa shape index (κ2) is 7.19. The molecule has 5 rings (SSSR count). The molecule has 1 saturated heterocycles. The summed E-state index contributed by atoms with van der Waals surface area (Å²) in [4.78, 5) is 25.1. The van der Waals surface area contributed by atoms with E-state index in [1.54, 1.807) is 0 Å². The summed E-state index contributed by atoms with van der Waals surface area (Å²) in [5.41, 5.74) is 2.86. The van der Waals surface area contributed by atoms with Crippen molar-refractivity contribution in [3.63, 3.8) is 0 Å². The molecular formula is C22H25N5O. The van der Waals surface area contributed by atoms with Crippen LogP contribution in [0.25, 0.3) is 10.9 Å². The number of rotatable bonds is 5. The van der Waals surface area contributed by atoms with E-state index in [0.29, 0.717) is 13.1 Å². The fourth-order valence-corrected chi connectivity index (χ4v) is 3.90.